The lowest BCUT2D eigenvalue weighted by atomic mass is 10.0. The number of ether oxygens (including phenoxy) is 1. The molecular weight excluding hydrogens is 294 g/mol. The van der Waals surface area contributed by atoms with Gasteiger partial charge < -0.3 is 14.9 Å². The molecule has 1 atom stereocenters. The number of aryl methyl sites for hydroxylation is 1. The second-order valence-electron chi connectivity index (χ2n) is 4.21. The zero-order chi connectivity index (χ0) is 13.1. The number of hydrogen-bond donors (Lipinski definition) is 1. The van der Waals surface area contributed by atoms with Crippen molar-refractivity contribution in [1.82, 2.24) is 0 Å². The fourth-order valence-corrected chi connectivity index (χ4v) is 2.57. The summed E-state index contributed by atoms with van der Waals surface area (Å²) in [6.45, 7) is 1.93. The molecule has 2 N–H and O–H groups in total. The third kappa shape index (κ3) is 2.76. The van der Waals surface area contributed by atoms with Crippen LogP contribution in [0.4, 0.5) is 0 Å². The molecule has 0 saturated carbocycles. The van der Waals surface area contributed by atoms with Crippen LogP contribution in [0.1, 0.15) is 22.9 Å². The highest BCUT2D eigenvalue weighted by molar-refractivity contribution is 9.10. The molecule has 0 aliphatic carbocycles. The van der Waals surface area contributed by atoms with Gasteiger partial charge in [0.25, 0.3) is 0 Å². The van der Waals surface area contributed by atoms with Gasteiger partial charge in [-0.25, -0.2) is 0 Å². The van der Waals surface area contributed by atoms with Gasteiger partial charge in [0.05, 0.1) is 17.8 Å². The van der Waals surface area contributed by atoms with Gasteiger partial charge in [0, 0.05) is 11.6 Å². The minimum absolute atomic E-state index is 0.0518. The molecular formula is C14H16BrNO2. The highest BCUT2D eigenvalue weighted by atomic mass is 79.9. The number of halogens is 1. The van der Waals surface area contributed by atoms with Crippen LogP contribution < -0.4 is 10.5 Å². The molecule has 0 radical (unpaired) electrons. The van der Waals surface area contributed by atoms with Gasteiger partial charge in [-0.2, -0.15) is 0 Å². The summed E-state index contributed by atoms with van der Waals surface area (Å²) in [7, 11) is 1.65. The van der Waals surface area contributed by atoms with Crippen LogP contribution in [0.5, 0.6) is 5.75 Å². The van der Waals surface area contributed by atoms with Gasteiger partial charge in [0.2, 0.25) is 0 Å². The lowest BCUT2D eigenvalue weighted by Crippen LogP contribution is -2.13. The third-order valence-corrected chi connectivity index (χ3v) is 3.59. The minimum atomic E-state index is -0.0518. The number of rotatable bonds is 4. The highest BCUT2D eigenvalue weighted by Gasteiger charge is 2.12. The monoisotopic (exact) mass is 309 g/mol. The number of furan rings is 1. The quantitative estimate of drug-likeness (QED) is 0.938. The van der Waals surface area contributed by atoms with E-state index in [9.17, 15) is 0 Å². The van der Waals surface area contributed by atoms with Crippen LogP contribution >= 0.6 is 15.9 Å². The molecule has 0 bridgehead atoms. The van der Waals surface area contributed by atoms with Crippen LogP contribution in [-0.2, 0) is 6.42 Å². The van der Waals surface area contributed by atoms with Crippen molar-refractivity contribution in [3.8, 4) is 5.75 Å². The van der Waals surface area contributed by atoms with Crippen molar-refractivity contribution in [2.75, 3.05) is 7.11 Å². The van der Waals surface area contributed by atoms with Gasteiger partial charge in [0.1, 0.15) is 11.5 Å². The summed E-state index contributed by atoms with van der Waals surface area (Å²) in [6.07, 6.45) is 2.44. The smallest absolute Gasteiger partial charge is 0.133 e. The third-order valence-electron chi connectivity index (χ3n) is 2.97. The molecule has 2 aromatic rings. The van der Waals surface area contributed by atoms with Gasteiger partial charge in [-0.05, 0) is 53.0 Å². The predicted octanol–water partition coefficient (Wildman–Crippen LogP) is 3.60. The van der Waals surface area contributed by atoms with Gasteiger partial charge in [-0.15, -0.1) is 0 Å². The van der Waals surface area contributed by atoms with Crippen molar-refractivity contribution in [3.05, 3.63) is 51.9 Å². The number of nitrogens with two attached hydrogens (primary N) is 1. The molecule has 1 heterocycles. The van der Waals surface area contributed by atoms with Crippen molar-refractivity contribution < 1.29 is 9.15 Å². The second-order valence-corrected chi connectivity index (χ2v) is 5.07. The Balaban J connectivity index is 2.15. The Bertz CT molecular complexity index is 536. The Morgan fingerprint density at radius 2 is 2.17 bits per heavy atom. The standard InChI is InChI=1S/C14H16BrNO2/c1-9-11(5-6-18-9)13(16)8-10-3-4-14(17-2)12(15)7-10/h3-7,13H,8,16H2,1-2H3. The van der Waals surface area contributed by atoms with E-state index < -0.39 is 0 Å². The van der Waals surface area contributed by atoms with Gasteiger partial charge in [0.15, 0.2) is 0 Å². The zero-order valence-electron chi connectivity index (χ0n) is 10.4. The van der Waals surface area contributed by atoms with Crippen LogP contribution in [0.25, 0.3) is 0 Å². The Hall–Kier alpha value is -1.26. The van der Waals surface area contributed by atoms with E-state index in [0.29, 0.717) is 0 Å². The fraction of sp³-hybridized carbons (Fsp3) is 0.286. The molecule has 18 heavy (non-hydrogen) atoms. The Morgan fingerprint density at radius 1 is 1.39 bits per heavy atom. The molecule has 2 rings (SSSR count). The van der Waals surface area contributed by atoms with E-state index in [1.165, 1.54) is 0 Å². The van der Waals surface area contributed by atoms with Crippen LogP contribution in [0.15, 0.2) is 39.4 Å². The maximum atomic E-state index is 6.19. The van der Waals surface area contributed by atoms with E-state index in [-0.39, 0.29) is 6.04 Å². The van der Waals surface area contributed by atoms with Gasteiger partial charge >= 0.3 is 0 Å². The summed E-state index contributed by atoms with van der Waals surface area (Å²) in [5.41, 5.74) is 8.41. The Kier molecular flexibility index (Phi) is 4.09. The van der Waals surface area contributed by atoms with E-state index in [1.807, 2.05) is 31.2 Å². The first-order valence-electron chi connectivity index (χ1n) is 5.74. The van der Waals surface area contributed by atoms with Crippen molar-refractivity contribution in [2.45, 2.75) is 19.4 Å². The topological polar surface area (TPSA) is 48.4 Å². The SMILES string of the molecule is COc1ccc(CC(N)c2ccoc2C)cc1Br. The molecule has 0 aliphatic heterocycles. The van der Waals surface area contributed by atoms with Gasteiger partial charge in [-0.3, -0.25) is 0 Å². The van der Waals surface area contributed by atoms with E-state index >= 15 is 0 Å². The molecule has 0 saturated heterocycles. The molecule has 3 nitrogen and oxygen atoms in total. The maximum Gasteiger partial charge on any atom is 0.133 e. The molecule has 1 aromatic heterocycles. The molecule has 1 unspecified atom stereocenters. The van der Waals surface area contributed by atoms with Crippen LogP contribution in [0.2, 0.25) is 0 Å². The first kappa shape index (κ1) is 13.2. The minimum Gasteiger partial charge on any atom is -0.496 e. The molecule has 1 aromatic carbocycles. The molecule has 0 aliphatic rings. The average Bonchev–Trinajstić information content (AvgIpc) is 2.76. The largest absolute Gasteiger partial charge is 0.496 e. The second kappa shape index (κ2) is 5.59. The summed E-state index contributed by atoms with van der Waals surface area (Å²) >= 11 is 3.48. The van der Waals surface area contributed by atoms with Crippen LogP contribution in [-0.4, -0.2) is 7.11 Å². The summed E-state index contributed by atoms with van der Waals surface area (Å²) in [6, 6.07) is 7.88. The number of methoxy groups -OCH3 is 1. The van der Waals surface area contributed by atoms with E-state index in [4.69, 9.17) is 14.9 Å². The zero-order valence-corrected chi connectivity index (χ0v) is 12.0. The lowest BCUT2D eigenvalue weighted by Gasteiger charge is -2.12. The Labute approximate surface area is 115 Å². The fourth-order valence-electron chi connectivity index (χ4n) is 1.98. The summed E-state index contributed by atoms with van der Waals surface area (Å²) in [4.78, 5) is 0. The average molecular weight is 310 g/mol. The lowest BCUT2D eigenvalue weighted by molar-refractivity contribution is 0.412. The maximum absolute atomic E-state index is 6.19. The van der Waals surface area contributed by atoms with Crippen molar-refractivity contribution in [3.63, 3.8) is 0 Å². The first-order valence-corrected chi connectivity index (χ1v) is 6.53. The highest BCUT2D eigenvalue weighted by Crippen LogP contribution is 2.28. The number of benzene rings is 1. The summed E-state index contributed by atoms with van der Waals surface area (Å²) < 4.78 is 11.4. The van der Waals surface area contributed by atoms with Gasteiger partial charge in [-0.1, -0.05) is 6.07 Å². The van der Waals surface area contributed by atoms with Crippen LogP contribution in [0, 0.1) is 6.92 Å². The molecule has 0 spiro atoms. The van der Waals surface area contributed by atoms with Crippen LogP contribution in [0.3, 0.4) is 0 Å². The Morgan fingerprint density at radius 3 is 2.72 bits per heavy atom. The van der Waals surface area contributed by atoms with E-state index in [0.717, 1.165) is 33.5 Å². The van der Waals surface area contributed by atoms with Crippen molar-refractivity contribution >= 4 is 15.9 Å². The van der Waals surface area contributed by atoms with E-state index in [1.54, 1.807) is 13.4 Å². The number of hydrogen-bond acceptors (Lipinski definition) is 3. The van der Waals surface area contributed by atoms with Crippen molar-refractivity contribution in [2.24, 2.45) is 5.73 Å². The molecule has 0 amide bonds. The molecule has 4 heteroatoms. The molecule has 0 fully saturated rings. The summed E-state index contributed by atoms with van der Waals surface area (Å²) in [5.74, 6) is 1.71. The predicted molar refractivity (Wildman–Crippen MR) is 74.8 cm³/mol. The van der Waals surface area contributed by atoms with Crippen molar-refractivity contribution in [1.29, 1.82) is 0 Å². The van der Waals surface area contributed by atoms with E-state index in [2.05, 4.69) is 15.9 Å². The summed E-state index contributed by atoms with van der Waals surface area (Å²) in [5, 5.41) is 0. The normalized spacial score (nSPS) is 12.4. The molecule has 96 valence electrons. The first-order chi connectivity index (χ1) is 8.61.